The van der Waals surface area contributed by atoms with E-state index < -0.39 is 9.84 Å². The summed E-state index contributed by atoms with van der Waals surface area (Å²) in [5, 5.41) is 3.69. The van der Waals surface area contributed by atoms with E-state index in [1.807, 2.05) is 6.92 Å². The number of nitrogens with zero attached hydrogens (tertiary/aromatic N) is 1. The van der Waals surface area contributed by atoms with Crippen LogP contribution in [0, 0.1) is 13.8 Å². The smallest absolute Gasteiger partial charge is 0.184 e. The Kier molecular flexibility index (Phi) is 3.02. The molecule has 0 amide bonds. The Labute approximate surface area is 100 Å². The molecule has 0 spiro atoms. The van der Waals surface area contributed by atoms with Gasteiger partial charge in [0.2, 0.25) is 0 Å². The highest BCUT2D eigenvalue weighted by Crippen LogP contribution is 2.16. The molecule has 0 fully saturated rings. The minimum Gasteiger partial charge on any atom is -0.361 e. The van der Waals surface area contributed by atoms with Crippen LogP contribution < -0.4 is 0 Å². The van der Waals surface area contributed by atoms with Gasteiger partial charge >= 0.3 is 0 Å². The van der Waals surface area contributed by atoms with E-state index in [9.17, 15) is 8.42 Å². The maximum absolute atomic E-state index is 12.0. The predicted molar refractivity (Wildman–Crippen MR) is 63.3 cm³/mol. The highest BCUT2D eigenvalue weighted by molar-refractivity contribution is 7.90. The van der Waals surface area contributed by atoms with E-state index >= 15 is 0 Å². The lowest BCUT2D eigenvalue weighted by Crippen LogP contribution is -2.05. The molecule has 1 aromatic heterocycles. The zero-order chi connectivity index (χ0) is 12.5. The Morgan fingerprint density at radius 3 is 2.35 bits per heavy atom. The molecule has 0 unspecified atom stereocenters. The quantitative estimate of drug-likeness (QED) is 0.839. The van der Waals surface area contributed by atoms with Gasteiger partial charge in [-0.1, -0.05) is 22.9 Å². The van der Waals surface area contributed by atoms with E-state index in [-0.39, 0.29) is 5.75 Å². The van der Waals surface area contributed by atoms with Crippen molar-refractivity contribution in [3.63, 3.8) is 0 Å². The Hall–Kier alpha value is -1.62. The summed E-state index contributed by atoms with van der Waals surface area (Å²) in [4.78, 5) is 0.309. The first-order valence-electron chi connectivity index (χ1n) is 5.19. The van der Waals surface area contributed by atoms with Crippen LogP contribution in [0.5, 0.6) is 0 Å². The topological polar surface area (TPSA) is 60.2 Å². The molecule has 0 aliphatic heterocycles. The van der Waals surface area contributed by atoms with E-state index in [0.29, 0.717) is 16.3 Å². The summed E-state index contributed by atoms with van der Waals surface area (Å²) in [7, 11) is -3.34. The van der Waals surface area contributed by atoms with Gasteiger partial charge in [-0.25, -0.2) is 8.42 Å². The SMILES string of the molecule is Cc1ccc(S(=O)(=O)Cc2cc(C)on2)cc1. The minimum absolute atomic E-state index is 0.132. The molecule has 1 heterocycles. The number of rotatable bonds is 3. The third kappa shape index (κ3) is 2.74. The lowest BCUT2D eigenvalue weighted by Gasteiger charge is -2.02. The van der Waals surface area contributed by atoms with Crippen molar-refractivity contribution in [1.29, 1.82) is 0 Å². The van der Waals surface area contributed by atoms with E-state index in [1.165, 1.54) is 0 Å². The van der Waals surface area contributed by atoms with Gasteiger partial charge in [-0.2, -0.15) is 0 Å². The van der Waals surface area contributed by atoms with Crippen LogP contribution in [0.25, 0.3) is 0 Å². The zero-order valence-electron chi connectivity index (χ0n) is 9.67. The van der Waals surface area contributed by atoms with Crippen molar-refractivity contribution in [3.05, 3.63) is 47.3 Å². The summed E-state index contributed by atoms with van der Waals surface area (Å²) in [6.07, 6.45) is 0. The van der Waals surface area contributed by atoms with Gasteiger partial charge in [0, 0.05) is 6.07 Å². The van der Waals surface area contributed by atoms with Crippen molar-refractivity contribution < 1.29 is 12.9 Å². The van der Waals surface area contributed by atoms with Gasteiger partial charge < -0.3 is 4.52 Å². The molecule has 0 N–H and O–H groups in total. The fourth-order valence-electron chi connectivity index (χ4n) is 1.51. The largest absolute Gasteiger partial charge is 0.361 e. The summed E-state index contributed by atoms with van der Waals surface area (Å²) in [5.41, 5.74) is 1.46. The third-order valence-electron chi connectivity index (χ3n) is 2.39. The lowest BCUT2D eigenvalue weighted by molar-refractivity contribution is 0.392. The second kappa shape index (κ2) is 4.33. The van der Waals surface area contributed by atoms with Crippen molar-refractivity contribution in [3.8, 4) is 0 Å². The van der Waals surface area contributed by atoms with Crippen LogP contribution in [0.2, 0.25) is 0 Å². The number of hydrogen-bond acceptors (Lipinski definition) is 4. The first kappa shape index (κ1) is 11.9. The molecule has 4 nitrogen and oxygen atoms in total. The maximum Gasteiger partial charge on any atom is 0.184 e. The Morgan fingerprint density at radius 2 is 1.82 bits per heavy atom. The van der Waals surface area contributed by atoms with Crippen LogP contribution in [-0.4, -0.2) is 13.6 Å². The van der Waals surface area contributed by atoms with Crippen LogP contribution in [0.3, 0.4) is 0 Å². The second-order valence-corrected chi connectivity index (χ2v) is 5.99. The number of hydrogen-bond donors (Lipinski definition) is 0. The number of sulfone groups is 1. The molecule has 2 aromatic rings. The average Bonchev–Trinajstić information content (AvgIpc) is 2.63. The van der Waals surface area contributed by atoms with E-state index in [1.54, 1.807) is 37.3 Å². The average molecular weight is 251 g/mol. The Bertz CT molecular complexity index is 611. The minimum atomic E-state index is -3.34. The van der Waals surface area contributed by atoms with Crippen LogP contribution >= 0.6 is 0 Å². The van der Waals surface area contributed by atoms with Crippen LogP contribution in [0.4, 0.5) is 0 Å². The molecule has 0 bridgehead atoms. The second-order valence-electron chi connectivity index (χ2n) is 4.00. The van der Waals surface area contributed by atoms with Gasteiger partial charge in [-0.3, -0.25) is 0 Å². The predicted octanol–water partition coefficient (Wildman–Crippen LogP) is 2.27. The van der Waals surface area contributed by atoms with Gasteiger partial charge in [0.05, 0.1) is 10.6 Å². The van der Waals surface area contributed by atoms with Crippen LogP contribution in [-0.2, 0) is 15.6 Å². The molecule has 5 heteroatoms. The van der Waals surface area contributed by atoms with Gasteiger partial charge in [0.15, 0.2) is 9.84 Å². The monoisotopic (exact) mass is 251 g/mol. The molecule has 0 atom stereocenters. The molecule has 0 aliphatic rings. The number of benzene rings is 1. The van der Waals surface area contributed by atoms with Crippen LogP contribution in [0.1, 0.15) is 17.0 Å². The molecule has 0 saturated heterocycles. The molecule has 1 aromatic carbocycles. The molecule has 2 rings (SSSR count). The van der Waals surface area contributed by atoms with Gasteiger partial charge in [0.25, 0.3) is 0 Å². The molecule has 0 saturated carbocycles. The van der Waals surface area contributed by atoms with Crippen molar-refractivity contribution in [2.75, 3.05) is 0 Å². The first-order chi connectivity index (χ1) is 7.97. The zero-order valence-corrected chi connectivity index (χ0v) is 10.5. The van der Waals surface area contributed by atoms with Crippen molar-refractivity contribution in [1.82, 2.24) is 5.16 Å². The number of aromatic nitrogens is 1. The van der Waals surface area contributed by atoms with Gasteiger partial charge in [-0.15, -0.1) is 0 Å². The summed E-state index contributed by atoms with van der Waals surface area (Å²) >= 11 is 0. The fourth-order valence-corrected chi connectivity index (χ4v) is 2.75. The van der Waals surface area contributed by atoms with E-state index in [4.69, 9.17) is 4.52 Å². The van der Waals surface area contributed by atoms with Crippen molar-refractivity contribution in [2.45, 2.75) is 24.5 Å². The number of aryl methyl sites for hydroxylation is 2. The lowest BCUT2D eigenvalue weighted by atomic mass is 10.2. The highest BCUT2D eigenvalue weighted by atomic mass is 32.2. The normalized spacial score (nSPS) is 11.6. The highest BCUT2D eigenvalue weighted by Gasteiger charge is 2.17. The molecule has 90 valence electrons. The van der Waals surface area contributed by atoms with Crippen molar-refractivity contribution >= 4 is 9.84 Å². The standard InChI is InChI=1S/C12H13NO3S/c1-9-3-5-12(6-4-9)17(14,15)8-11-7-10(2)16-13-11/h3-7H,8H2,1-2H3. The summed E-state index contributed by atoms with van der Waals surface area (Å²) < 4.78 is 28.9. The van der Waals surface area contributed by atoms with E-state index in [0.717, 1.165) is 5.56 Å². The third-order valence-corrected chi connectivity index (χ3v) is 4.06. The van der Waals surface area contributed by atoms with Gasteiger partial charge in [0.1, 0.15) is 11.5 Å². The molecule has 17 heavy (non-hydrogen) atoms. The molecule has 0 radical (unpaired) electrons. The van der Waals surface area contributed by atoms with Crippen LogP contribution in [0.15, 0.2) is 39.8 Å². The summed E-state index contributed by atoms with van der Waals surface area (Å²) in [6.45, 7) is 3.65. The Morgan fingerprint density at radius 1 is 1.18 bits per heavy atom. The first-order valence-corrected chi connectivity index (χ1v) is 6.84. The Balaban J connectivity index is 2.28. The molecule has 0 aliphatic carbocycles. The van der Waals surface area contributed by atoms with Gasteiger partial charge in [-0.05, 0) is 26.0 Å². The summed E-state index contributed by atoms with van der Waals surface area (Å²) in [6, 6.07) is 8.41. The summed E-state index contributed by atoms with van der Waals surface area (Å²) in [5.74, 6) is 0.479. The fraction of sp³-hybridized carbons (Fsp3) is 0.250. The maximum atomic E-state index is 12.0. The van der Waals surface area contributed by atoms with Crippen molar-refractivity contribution in [2.24, 2.45) is 0 Å². The van der Waals surface area contributed by atoms with E-state index in [2.05, 4.69) is 5.16 Å². The molecular formula is C12H13NO3S. The molecular weight excluding hydrogens is 238 g/mol.